The molecule has 0 fully saturated rings. The number of nitro groups is 1. The van der Waals surface area contributed by atoms with Crippen LogP contribution in [0.25, 0.3) is 0 Å². The Hall–Kier alpha value is -0.950. The average Bonchev–Trinajstić information content (AvgIpc) is 2.24. The van der Waals surface area contributed by atoms with Crippen LogP contribution in [0.4, 0.5) is 0 Å². The van der Waals surface area contributed by atoms with E-state index in [1.165, 1.54) is 18.9 Å². The van der Waals surface area contributed by atoms with E-state index in [-0.39, 0.29) is 11.6 Å². The van der Waals surface area contributed by atoms with E-state index >= 15 is 0 Å². The van der Waals surface area contributed by atoms with Crippen molar-refractivity contribution in [3.63, 3.8) is 0 Å². The van der Waals surface area contributed by atoms with Crippen LogP contribution in [0.1, 0.15) is 13.3 Å². The van der Waals surface area contributed by atoms with Gasteiger partial charge in [-0.25, -0.2) is 4.99 Å². The van der Waals surface area contributed by atoms with Crippen LogP contribution in [0.2, 0.25) is 0 Å². The van der Waals surface area contributed by atoms with E-state index in [9.17, 15) is 10.1 Å². The third-order valence-corrected chi connectivity index (χ3v) is 3.15. The number of alkyl halides is 1. The van der Waals surface area contributed by atoms with Crippen molar-refractivity contribution in [2.45, 2.75) is 18.8 Å². The molecule has 0 bridgehead atoms. The molecule has 16 heavy (non-hydrogen) atoms. The lowest BCUT2D eigenvalue weighted by molar-refractivity contribution is -0.430. The molecule has 1 N–H and O–H groups in total. The predicted molar refractivity (Wildman–Crippen MR) is 64.0 cm³/mol. The van der Waals surface area contributed by atoms with Gasteiger partial charge < -0.3 is 10.1 Å². The lowest BCUT2D eigenvalue weighted by atomic mass is 10.4. The number of halogens is 1. The molecule has 1 heterocycles. The van der Waals surface area contributed by atoms with Crippen LogP contribution in [-0.4, -0.2) is 28.5 Å². The van der Waals surface area contributed by atoms with Crippen LogP contribution < -0.4 is 5.32 Å². The average molecular weight is 266 g/mol. The third-order valence-electron chi connectivity index (χ3n) is 1.75. The van der Waals surface area contributed by atoms with Crippen LogP contribution in [0.5, 0.6) is 0 Å². The summed E-state index contributed by atoms with van der Waals surface area (Å²) in [6.45, 7) is 2.03. The minimum Gasteiger partial charge on any atom is -0.478 e. The van der Waals surface area contributed by atoms with Crippen molar-refractivity contribution in [1.29, 1.82) is 0 Å². The summed E-state index contributed by atoms with van der Waals surface area (Å²) in [6.07, 6.45) is 0.979. The number of hydrogen-bond acceptors (Lipinski definition) is 6. The number of nitrogens with zero attached hydrogens (tertiary/aromatic N) is 2. The van der Waals surface area contributed by atoms with Crippen molar-refractivity contribution in [3.8, 4) is 0 Å². The topological polar surface area (TPSA) is 76.8 Å². The quantitative estimate of drug-likeness (QED) is 0.363. The second kappa shape index (κ2) is 5.95. The van der Waals surface area contributed by atoms with Crippen molar-refractivity contribution in [3.05, 3.63) is 21.7 Å². The predicted octanol–water partition coefficient (Wildman–Crippen LogP) is 1.75. The summed E-state index contributed by atoms with van der Waals surface area (Å²) in [6, 6.07) is 0. The van der Waals surface area contributed by atoms with Crippen LogP contribution in [0.3, 0.4) is 0 Å². The molecule has 0 saturated heterocycles. The fourth-order valence-corrected chi connectivity index (χ4v) is 2.14. The summed E-state index contributed by atoms with van der Waals surface area (Å²) in [7, 11) is 1.35. The van der Waals surface area contributed by atoms with Gasteiger partial charge in [0.15, 0.2) is 5.17 Å². The van der Waals surface area contributed by atoms with Gasteiger partial charge in [0.25, 0.3) is 5.88 Å². The summed E-state index contributed by atoms with van der Waals surface area (Å²) in [5, 5.41) is 14.0. The molecule has 0 aromatic rings. The minimum atomic E-state index is -1.01. The van der Waals surface area contributed by atoms with Gasteiger partial charge in [-0.2, -0.15) is 0 Å². The molecule has 90 valence electrons. The van der Waals surface area contributed by atoms with Gasteiger partial charge >= 0.3 is 5.70 Å². The number of nitrogens with one attached hydrogen (secondary N) is 1. The van der Waals surface area contributed by atoms with Gasteiger partial charge in [-0.05, 0) is 6.42 Å². The van der Waals surface area contributed by atoms with Crippen molar-refractivity contribution in [2.24, 2.45) is 4.99 Å². The number of methoxy groups -OCH3 is 1. The van der Waals surface area contributed by atoms with Crippen LogP contribution in [-0.2, 0) is 4.74 Å². The maximum atomic E-state index is 10.7. The molecule has 1 aliphatic rings. The van der Waals surface area contributed by atoms with Gasteiger partial charge in [0.05, 0.1) is 12.0 Å². The molecule has 0 aromatic heterocycles. The zero-order valence-corrected chi connectivity index (χ0v) is 10.5. The van der Waals surface area contributed by atoms with Gasteiger partial charge in [-0.15, -0.1) is 0 Å². The van der Waals surface area contributed by atoms with Crippen LogP contribution in [0.15, 0.2) is 16.6 Å². The van der Waals surface area contributed by atoms with Crippen molar-refractivity contribution < 1.29 is 9.66 Å². The monoisotopic (exact) mass is 265 g/mol. The highest BCUT2D eigenvalue weighted by Crippen LogP contribution is 2.22. The molecular formula is C8H12ClN3O3S. The highest BCUT2D eigenvalue weighted by molar-refractivity contribution is 8.13. The summed E-state index contributed by atoms with van der Waals surface area (Å²) >= 11 is 7.26. The Morgan fingerprint density at radius 2 is 2.44 bits per heavy atom. The first-order valence-corrected chi connectivity index (χ1v) is 6.06. The molecular weight excluding hydrogens is 254 g/mol. The molecule has 0 spiro atoms. The first-order chi connectivity index (χ1) is 7.60. The summed E-state index contributed by atoms with van der Waals surface area (Å²) in [5.74, 6) is 0.916. The molecule has 1 unspecified atom stereocenters. The van der Waals surface area contributed by atoms with Crippen molar-refractivity contribution in [1.82, 2.24) is 5.32 Å². The van der Waals surface area contributed by atoms with E-state index in [0.717, 1.165) is 12.2 Å². The molecule has 0 aliphatic carbocycles. The van der Waals surface area contributed by atoms with Gasteiger partial charge in [-0.1, -0.05) is 30.3 Å². The second-order valence-corrected chi connectivity index (χ2v) is 4.42. The SMILES string of the molecule is CCCSC1=NC(Cl)C([N+](=O)[O-])=C(OC)N1. The maximum absolute atomic E-state index is 10.7. The molecule has 8 heteroatoms. The molecule has 6 nitrogen and oxygen atoms in total. The van der Waals surface area contributed by atoms with E-state index in [1.807, 2.05) is 6.92 Å². The zero-order valence-electron chi connectivity index (χ0n) is 8.90. The molecule has 0 radical (unpaired) electrons. The van der Waals surface area contributed by atoms with Gasteiger partial charge in [0.2, 0.25) is 5.50 Å². The van der Waals surface area contributed by atoms with E-state index in [4.69, 9.17) is 16.3 Å². The van der Waals surface area contributed by atoms with Crippen LogP contribution in [0, 0.1) is 10.1 Å². The van der Waals surface area contributed by atoms with Crippen LogP contribution >= 0.6 is 23.4 Å². The highest BCUT2D eigenvalue weighted by atomic mass is 35.5. The van der Waals surface area contributed by atoms with Gasteiger partial charge in [-0.3, -0.25) is 10.1 Å². The number of amidine groups is 1. The molecule has 0 aromatic carbocycles. The Labute approximate surface area is 102 Å². The lowest BCUT2D eigenvalue weighted by Gasteiger charge is -2.18. The molecule has 1 aliphatic heterocycles. The van der Waals surface area contributed by atoms with E-state index in [2.05, 4.69) is 10.3 Å². The second-order valence-electron chi connectivity index (χ2n) is 2.92. The molecule has 0 saturated carbocycles. The smallest absolute Gasteiger partial charge is 0.344 e. The Bertz CT molecular complexity index is 345. The standard InChI is InChI=1S/C8H12ClN3O3S/c1-3-4-16-8-10-6(9)5(12(13)14)7(11-8)15-2/h6H,3-4H2,1-2H3,(H,10,11). The number of hydrogen-bond donors (Lipinski definition) is 1. The largest absolute Gasteiger partial charge is 0.478 e. The summed E-state index contributed by atoms with van der Waals surface area (Å²) in [5.41, 5.74) is -1.27. The summed E-state index contributed by atoms with van der Waals surface area (Å²) in [4.78, 5) is 14.1. The number of rotatable bonds is 4. The van der Waals surface area contributed by atoms with E-state index < -0.39 is 10.4 Å². The number of thioether (sulfide) groups is 1. The fourth-order valence-electron chi connectivity index (χ4n) is 1.06. The fraction of sp³-hybridized carbons (Fsp3) is 0.625. The Morgan fingerprint density at radius 1 is 1.75 bits per heavy atom. The third kappa shape index (κ3) is 3.02. The molecule has 1 atom stereocenters. The van der Waals surface area contributed by atoms with Crippen molar-refractivity contribution >= 4 is 28.5 Å². The Morgan fingerprint density at radius 3 is 2.94 bits per heavy atom. The first kappa shape index (κ1) is 13.1. The number of ether oxygens (including phenoxy) is 1. The zero-order chi connectivity index (χ0) is 12.1. The lowest BCUT2D eigenvalue weighted by Crippen LogP contribution is -2.32. The van der Waals surface area contributed by atoms with Gasteiger partial charge in [0, 0.05) is 5.75 Å². The Kier molecular flexibility index (Phi) is 4.88. The highest BCUT2D eigenvalue weighted by Gasteiger charge is 2.33. The molecule has 1 rings (SSSR count). The normalized spacial score (nSPS) is 20.2. The minimum absolute atomic E-state index is 0.0543. The summed E-state index contributed by atoms with van der Waals surface area (Å²) < 4.78 is 4.89. The Balaban J connectivity index is 2.82. The van der Waals surface area contributed by atoms with E-state index in [0.29, 0.717) is 5.17 Å². The van der Waals surface area contributed by atoms with Crippen molar-refractivity contribution in [2.75, 3.05) is 12.9 Å². The van der Waals surface area contributed by atoms with E-state index in [1.54, 1.807) is 0 Å². The number of aliphatic imine (C=N–C) groups is 1. The maximum Gasteiger partial charge on any atom is 0.344 e. The molecule has 0 amide bonds. The first-order valence-electron chi connectivity index (χ1n) is 4.64. The van der Waals surface area contributed by atoms with Gasteiger partial charge in [0.1, 0.15) is 0 Å².